The lowest BCUT2D eigenvalue weighted by molar-refractivity contribution is 0.436. The van der Waals surface area contributed by atoms with Crippen molar-refractivity contribution in [3.05, 3.63) is 330 Å². The highest BCUT2D eigenvalue weighted by Crippen LogP contribution is 2.64. The number of ether oxygens (including phenoxy) is 2. The van der Waals surface area contributed by atoms with Gasteiger partial charge in [-0.25, -0.2) is 0 Å². The first-order valence-electron chi connectivity index (χ1n) is 26.6. The molecule has 3 nitrogen and oxygen atoms in total. The van der Waals surface area contributed by atoms with Gasteiger partial charge in [-0.3, -0.25) is 0 Å². The summed E-state index contributed by atoms with van der Waals surface area (Å²) in [6, 6.07) is 104. The van der Waals surface area contributed by atoms with Crippen LogP contribution in [0.3, 0.4) is 0 Å². The molecule has 12 aromatic rings. The minimum absolute atomic E-state index is 0.571. The molecular formula is C74H47NO2. The van der Waals surface area contributed by atoms with E-state index in [2.05, 4.69) is 290 Å². The molecule has 2 aliphatic carbocycles. The van der Waals surface area contributed by atoms with Gasteiger partial charge in [-0.1, -0.05) is 212 Å². The molecule has 77 heavy (non-hydrogen) atoms. The van der Waals surface area contributed by atoms with Crippen molar-refractivity contribution in [3.8, 4) is 78.6 Å². The molecule has 4 aliphatic rings. The SMILES string of the molecule is c1ccc(-c2cccc(-c3ccc(N(c4cccc(-c5ccc6c(c5)C5(c7ccccc7Oc7ccccc75)c5ccccc5-6)c4)c4ccc5c(c4)C4(c6ccccc6Oc6ccccc64)c4ccccc4-5)cc3)c2)cc1. The largest absolute Gasteiger partial charge is 0.457 e. The van der Waals surface area contributed by atoms with Gasteiger partial charge in [0, 0.05) is 39.3 Å². The molecular weight excluding hydrogens is 935 g/mol. The second kappa shape index (κ2) is 16.8. The van der Waals surface area contributed by atoms with Crippen molar-refractivity contribution < 1.29 is 9.47 Å². The van der Waals surface area contributed by atoms with Crippen molar-refractivity contribution in [1.29, 1.82) is 0 Å². The molecule has 16 rings (SSSR count). The van der Waals surface area contributed by atoms with Crippen LogP contribution in [-0.4, -0.2) is 0 Å². The van der Waals surface area contributed by atoms with Crippen LogP contribution in [0, 0.1) is 0 Å². The third-order valence-electron chi connectivity index (χ3n) is 16.8. The second-order valence-corrected chi connectivity index (χ2v) is 20.6. The van der Waals surface area contributed by atoms with Gasteiger partial charge in [0.2, 0.25) is 0 Å². The summed E-state index contributed by atoms with van der Waals surface area (Å²) in [7, 11) is 0. The van der Waals surface area contributed by atoms with E-state index in [0.717, 1.165) is 79.0 Å². The van der Waals surface area contributed by atoms with E-state index in [1.165, 1.54) is 61.2 Å². The smallest absolute Gasteiger partial charge is 0.132 e. The first-order chi connectivity index (χ1) is 38.2. The molecule has 0 atom stereocenters. The van der Waals surface area contributed by atoms with Gasteiger partial charge in [0.15, 0.2) is 0 Å². The summed E-state index contributed by atoms with van der Waals surface area (Å²) in [5.74, 6) is 3.53. The summed E-state index contributed by atoms with van der Waals surface area (Å²) in [5, 5.41) is 0. The van der Waals surface area contributed by atoms with E-state index >= 15 is 0 Å². The number of rotatable bonds is 6. The Morgan fingerprint density at radius 1 is 0.208 bits per heavy atom. The van der Waals surface area contributed by atoms with E-state index in [0.29, 0.717) is 0 Å². The first-order valence-corrected chi connectivity index (χ1v) is 26.6. The van der Waals surface area contributed by atoms with Gasteiger partial charge in [-0.05, 0) is 151 Å². The maximum absolute atomic E-state index is 6.75. The third-order valence-corrected chi connectivity index (χ3v) is 16.8. The zero-order chi connectivity index (χ0) is 50.7. The van der Waals surface area contributed by atoms with Crippen molar-refractivity contribution in [2.24, 2.45) is 0 Å². The fourth-order valence-corrected chi connectivity index (χ4v) is 13.6. The fourth-order valence-electron chi connectivity index (χ4n) is 13.6. The van der Waals surface area contributed by atoms with E-state index in [1.54, 1.807) is 0 Å². The van der Waals surface area contributed by atoms with Gasteiger partial charge in [0.05, 0.1) is 10.8 Å². The molecule has 2 aliphatic heterocycles. The number of fused-ring (bicyclic) bond motifs is 18. The molecule has 0 amide bonds. The summed E-state index contributed by atoms with van der Waals surface area (Å²) in [6.45, 7) is 0. The van der Waals surface area contributed by atoms with Crippen LogP contribution in [-0.2, 0) is 10.8 Å². The molecule has 0 N–H and O–H groups in total. The number of nitrogens with zero attached hydrogens (tertiary/aromatic N) is 1. The van der Waals surface area contributed by atoms with E-state index in [9.17, 15) is 0 Å². The van der Waals surface area contributed by atoms with Gasteiger partial charge >= 0.3 is 0 Å². The lowest BCUT2D eigenvalue weighted by Crippen LogP contribution is -2.32. The molecule has 0 bridgehead atoms. The third kappa shape index (κ3) is 6.26. The summed E-state index contributed by atoms with van der Waals surface area (Å²) in [6.07, 6.45) is 0. The van der Waals surface area contributed by atoms with E-state index in [-0.39, 0.29) is 0 Å². The number of benzene rings is 12. The average Bonchev–Trinajstić information content (AvgIpc) is 3.79. The average molecular weight is 982 g/mol. The van der Waals surface area contributed by atoms with E-state index in [1.807, 2.05) is 0 Å². The van der Waals surface area contributed by atoms with Gasteiger partial charge in [0.25, 0.3) is 0 Å². The summed E-state index contributed by atoms with van der Waals surface area (Å²) >= 11 is 0. The van der Waals surface area contributed by atoms with Crippen LogP contribution in [0.5, 0.6) is 23.0 Å². The predicted molar refractivity (Wildman–Crippen MR) is 312 cm³/mol. The van der Waals surface area contributed by atoms with Gasteiger partial charge < -0.3 is 14.4 Å². The van der Waals surface area contributed by atoms with Crippen LogP contribution in [0.4, 0.5) is 17.1 Å². The minimum atomic E-state index is -0.617. The Morgan fingerprint density at radius 3 is 1.10 bits per heavy atom. The summed E-state index contributed by atoms with van der Waals surface area (Å²) < 4.78 is 13.4. The Morgan fingerprint density at radius 2 is 0.558 bits per heavy atom. The quantitative estimate of drug-likeness (QED) is 0.166. The number of para-hydroxylation sites is 4. The van der Waals surface area contributed by atoms with Gasteiger partial charge in [0.1, 0.15) is 23.0 Å². The molecule has 0 radical (unpaired) electrons. The lowest BCUT2D eigenvalue weighted by Gasteiger charge is -2.39. The molecule has 0 fully saturated rings. The van der Waals surface area contributed by atoms with Crippen molar-refractivity contribution >= 4 is 17.1 Å². The Balaban J connectivity index is 0.888. The molecule has 3 heteroatoms. The first kappa shape index (κ1) is 43.4. The van der Waals surface area contributed by atoms with Crippen LogP contribution in [0.1, 0.15) is 44.5 Å². The zero-order valence-corrected chi connectivity index (χ0v) is 41.9. The van der Waals surface area contributed by atoms with E-state index in [4.69, 9.17) is 9.47 Å². The Hall–Kier alpha value is -9.96. The molecule has 12 aromatic carbocycles. The highest BCUT2D eigenvalue weighted by Gasteiger charge is 2.52. The topological polar surface area (TPSA) is 21.7 Å². The highest BCUT2D eigenvalue weighted by atomic mass is 16.5. The van der Waals surface area contributed by atoms with Gasteiger partial charge in [-0.2, -0.15) is 0 Å². The standard InChI is InChI=1S/C74H47NO2/c1-2-18-48(19-3-1)50-20-16-21-51(44-50)49-36-39-54(40-37-49)75(56-41-43-60-58-25-5-7-27-62(58)74(68(60)47-56)65-30-10-14-34-71(65)77-72-35-15-11-31-66(72)74)55-23-17-22-52(45-55)53-38-42-59-57-24-4-6-26-61(57)73(67(59)46-53)63-28-8-12-32-69(63)76-70-33-13-9-29-64(70)73/h1-47H. The van der Waals surface area contributed by atoms with Crippen LogP contribution in [0.2, 0.25) is 0 Å². The predicted octanol–water partition coefficient (Wildman–Crippen LogP) is 19.1. The summed E-state index contributed by atoms with van der Waals surface area (Å²) in [4.78, 5) is 2.44. The molecule has 2 spiro atoms. The van der Waals surface area contributed by atoms with Crippen molar-refractivity contribution in [1.82, 2.24) is 0 Å². The number of hydrogen-bond donors (Lipinski definition) is 0. The maximum Gasteiger partial charge on any atom is 0.132 e. The maximum atomic E-state index is 6.75. The highest BCUT2D eigenvalue weighted by molar-refractivity contribution is 5.94. The minimum Gasteiger partial charge on any atom is -0.457 e. The van der Waals surface area contributed by atoms with Crippen molar-refractivity contribution in [3.63, 3.8) is 0 Å². The van der Waals surface area contributed by atoms with Crippen LogP contribution in [0.15, 0.2) is 285 Å². The number of anilines is 3. The van der Waals surface area contributed by atoms with Crippen LogP contribution >= 0.6 is 0 Å². The molecule has 2 heterocycles. The Bertz CT molecular complexity index is 4270. The summed E-state index contributed by atoms with van der Waals surface area (Å²) in [5.41, 5.74) is 23.6. The normalized spacial score (nSPS) is 13.9. The monoisotopic (exact) mass is 981 g/mol. The van der Waals surface area contributed by atoms with Crippen molar-refractivity contribution in [2.75, 3.05) is 4.90 Å². The molecule has 0 unspecified atom stereocenters. The molecule has 0 saturated heterocycles. The number of hydrogen-bond acceptors (Lipinski definition) is 3. The zero-order valence-electron chi connectivity index (χ0n) is 41.9. The molecule has 0 aromatic heterocycles. The lowest BCUT2D eigenvalue weighted by atomic mass is 9.66. The molecule has 0 saturated carbocycles. The second-order valence-electron chi connectivity index (χ2n) is 20.6. The Labute approximate surface area is 448 Å². The Kier molecular flexibility index (Phi) is 9.47. The fraction of sp³-hybridized carbons (Fsp3) is 0.0270. The van der Waals surface area contributed by atoms with E-state index < -0.39 is 10.8 Å². The van der Waals surface area contributed by atoms with Crippen LogP contribution < -0.4 is 14.4 Å². The molecule has 360 valence electrons. The van der Waals surface area contributed by atoms with Crippen molar-refractivity contribution in [2.45, 2.75) is 10.8 Å². The van der Waals surface area contributed by atoms with Crippen LogP contribution in [0.25, 0.3) is 55.6 Å². The van der Waals surface area contributed by atoms with Gasteiger partial charge in [-0.15, -0.1) is 0 Å².